The zero-order valence-corrected chi connectivity index (χ0v) is 12.4. The van der Waals surface area contributed by atoms with E-state index in [9.17, 15) is 14.7 Å². The molecule has 0 spiro atoms. The second-order valence-electron chi connectivity index (χ2n) is 4.98. The number of aromatic hydroxyl groups is 1. The van der Waals surface area contributed by atoms with E-state index in [4.69, 9.17) is 5.11 Å². The van der Waals surface area contributed by atoms with E-state index >= 15 is 0 Å². The fourth-order valence-corrected chi connectivity index (χ4v) is 2.95. The number of phenols is 1. The molecule has 1 heterocycles. The number of hydrogen-bond donors (Lipinski definition) is 2. The lowest BCUT2D eigenvalue weighted by atomic mass is 10.0. The van der Waals surface area contributed by atoms with Crippen LogP contribution in [0.5, 0.6) is 5.75 Å². The van der Waals surface area contributed by atoms with E-state index in [1.165, 1.54) is 12.1 Å². The van der Waals surface area contributed by atoms with Crippen LogP contribution in [0.2, 0.25) is 0 Å². The summed E-state index contributed by atoms with van der Waals surface area (Å²) in [5.41, 5.74) is 0.649. The maximum Gasteiger partial charge on any atom is 0.305 e. The zero-order chi connectivity index (χ0) is 14.7. The third kappa shape index (κ3) is 3.30. The Morgan fingerprint density at radius 2 is 2.25 bits per heavy atom. The number of carbonyl (C=O) groups is 2. The monoisotopic (exact) mass is 341 g/mol. The van der Waals surface area contributed by atoms with Gasteiger partial charge in [0.25, 0.3) is 0 Å². The quantitative estimate of drug-likeness (QED) is 0.804. The second-order valence-corrected chi connectivity index (χ2v) is 5.63. The Labute approximate surface area is 125 Å². The van der Waals surface area contributed by atoms with Crippen molar-refractivity contribution in [2.45, 2.75) is 18.9 Å². The van der Waals surface area contributed by atoms with Gasteiger partial charge in [0.05, 0.1) is 12.5 Å². The zero-order valence-electron chi connectivity index (χ0n) is 10.8. The van der Waals surface area contributed by atoms with Crippen molar-refractivity contribution in [2.75, 3.05) is 11.9 Å². The minimum Gasteiger partial charge on any atom is -0.508 e. The summed E-state index contributed by atoms with van der Waals surface area (Å²) in [6.07, 6.45) is 0.268. The average Bonchev–Trinajstić information content (AvgIpc) is 2.77. The van der Waals surface area contributed by atoms with Crippen LogP contribution in [0.15, 0.2) is 24.3 Å². The summed E-state index contributed by atoms with van der Waals surface area (Å²) in [6.45, 7) is 0.539. The normalized spacial score (nSPS) is 20.1. The van der Waals surface area contributed by atoms with E-state index in [1.807, 2.05) is 0 Å². The fourth-order valence-electron chi connectivity index (χ4n) is 2.52. The summed E-state index contributed by atoms with van der Waals surface area (Å²) in [7, 11) is 0. The Morgan fingerprint density at radius 1 is 1.50 bits per heavy atom. The van der Waals surface area contributed by atoms with Crippen LogP contribution in [0.25, 0.3) is 0 Å². The Bertz CT molecular complexity index is 520. The molecule has 6 heteroatoms. The molecule has 0 aromatic heterocycles. The van der Waals surface area contributed by atoms with Crippen molar-refractivity contribution < 1.29 is 19.8 Å². The highest BCUT2D eigenvalue weighted by Gasteiger charge is 2.35. The van der Waals surface area contributed by atoms with Gasteiger partial charge in [0, 0.05) is 18.3 Å². The first kappa shape index (κ1) is 14.8. The molecule has 0 radical (unpaired) electrons. The molecular weight excluding hydrogens is 326 g/mol. The standard InChI is InChI=1S/C14H16BrNO4/c15-7-9-4-13(18)16(8-9)12(6-14(19)20)10-2-1-3-11(17)5-10/h1-3,5,9,12,17H,4,6-8H2,(H,19,20). The van der Waals surface area contributed by atoms with Gasteiger partial charge in [-0.1, -0.05) is 28.1 Å². The first-order valence-electron chi connectivity index (χ1n) is 6.37. The smallest absolute Gasteiger partial charge is 0.305 e. The van der Waals surface area contributed by atoms with Crippen LogP contribution in [0.4, 0.5) is 0 Å². The van der Waals surface area contributed by atoms with E-state index in [2.05, 4.69) is 15.9 Å². The number of hydrogen-bond acceptors (Lipinski definition) is 3. The molecule has 0 aliphatic carbocycles. The van der Waals surface area contributed by atoms with Gasteiger partial charge in [-0.05, 0) is 23.6 Å². The van der Waals surface area contributed by atoms with Crippen molar-refractivity contribution in [1.82, 2.24) is 4.90 Å². The summed E-state index contributed by atoms with van der Waals surface area (Å²) in [5.74, 6) is -0.727. The number of benzene rings is 1. The van der Waals surface area contributed by atoms with Crippen molar-refractivity contribution in [3.63, 3.8) is 0 Å². The molecule has 2 N–H and O–H groups in total. The van der Waals surface area contributed by atoms with Crippen molar-refractivity contribution >= 4 is 27.8 Å². The van der Waals surface area contributed by atoms with Gasteiger partial charge < -0.3 is 15.1 Å². The van der Waals surface area contributed by atoms with Crippen LogP contribution in [0.1, 0.15) is 24.4 Å². The molecule has 5 nitrogen and oxygen atoms in total. The summed E-state index contributed by atoms with van der Waals surface area (Å²) in [6, 6.07) is 5.90. The number of amides is 1. The highest BCUT2D eigenvalue weighted by atomic mass is 79.9. The minimum absolute atomic E-state index is 0.0379. The molecule has 0 saturated carbocycles. The largest absolute Gasteiger partial charge is 0.508 e. The fraction of sp³-hybridized carbons (Fsp3) is 0.429. The van der Waals surface area contributed by atoms with Gasteiger partial charge in [-0.2, -0.15) is 0 Å². The van der Waals surface area contributed by atoms with Crippen LogP contribution >= 0.6 is 15.9 Å². The number of carboxylic acids is 1. The molecule has 1 amide bonds. The number of rotatable bonds is 5. The van der Waals surface area contributed by atoms with Gasteiger partial charge in [-0.25, -0.2) is 0 Å². The Kier molecular flexibility index (Phi) is 4.65. The van der Waals surface area contributed by atoms with Crippen molar-refractivity contribution in [1.29, 1.82) is 0 Å². The highest BCUT2D eigenvalue weighted by Crippen LogP contribution is 2.33. The number of carbonyl (C=O) groups excluding carboxylic acids is 1. The van der Waals surface area contributed by atoms with Crippen LogP contribution in [0, 0.1) is 5.92 Å². The number of phenolic OH excluding ortho intramolecular Hbond substituents is 1. The molecule has 1 aromatic rings. The molecule has 1 aliphatic rings. The lowest BCUT2D eigenvalue weighted by molar-refractivity contribution is -0.139. The van der Waals surface area contributed by atoms with Crippen LogP contribution in [-0.2, 0) is 9.59 Å². The predicted molar refractivity (Wildman–Crippen MR) is 76.7 cm³/mol. The summed E-state index contributed by atoms with van der Waals surface area (Å²) in [4.78, 5) is 24.8. The maximum atomic E-state index is 12.1. The van der Waals surface area contributed by atoms with Crippen molar-refractivity contribution in [3.8, 4) is 5.75 Å². The van der Waals surface area contributed by atoms with Crippen LogP contribution < -0.4 is 0 Å². The van der Waals surface area contributed by atoms with Gasteiger partial charge >= 0.3 is 5.97 Å². The van der Waals surface area contributed by atoms with E-state index in [-0.39, 0.29) is 24.0 Å². The van der Waals surface area contributed by atoms with Gasteiger partial charge in [-0.3, -0.25) is 9.59 Å². The minimum atomic E-state index is -0.964. The predicted octanol–water partition coefficient (Wildman–Crippen LogP) is 2.15. The van der Waals surface area contributed by atoms with Crippen molar-refractivity contribution in [3.05, 3.63) is 29.8 Å². The SMILES string of the molecule is O=C(O)CC(c1cccc(O)c1)N1CC(CBr)CC1=O. The molecule has 108 valence electrons. The van der Waals surface area contributed by atoms with E-state index in [1.54, 1.807) is 17.0 Å². The van der Waals surface area contributed by atoms with E-state index in [0.29, 0.717) is 18.5 Å². The Balaban J connectivity index is 2.28. The molecule has 2 atom stereocenters. The topological polar surface area (TPSA) is 77.8 Å². The summed E-state index contributed by atoms with van der Waals surface area (Å²) < 4.78 is 0. The number of alkyl halides is 1. The third-order valence-electron chi connectivity index (χ3n) is 3.46. The first-order valence-corrected chi connectivity index (χ1v) is 7.49. The average molecular weight is 342 g/mol. The molecule has 2 unspecified atom stereocenters. The molecule has 2 rings (SSSR count). The summed E-state index contributed by atoms with van der Waals surface area (Å²) >= 11 is 3.36. The highest BCUT2D eigenvalue weighted by molar-refractivity contribution is 9.09. The molecule has 1 aromatic carbocycles. The third-order valence-corrected chi connectivity index (χ3v) is 4.37. The number of carboxylic acid groups (broad SMARTS) is 1. The molecule has 20 heavy (non-hydrogen) atoms. The van der Waals surface area contributed by atoms with Gasteiger partial charge in [0.2, 0.25) is 5.91 Å². The number of nitrogens with zero attached hydrogens (tertiary/aromatic N) is 1. The lowest BCUT2D eigenvalue weighted by Crippen LogP contribution is -2.32. The molecule has 0 bridgehead atoms. The lowest BCUT2D eigenvalue weighted by Gasteiger charge is -2.27. The molecule has 1 fully saturated rings. The van der Waals surface area contributed by atoms with Crippen LogP contribution in [-0.4, -0.2) is 38.9 Å². The molecule has 1 saturated heterocycles. The van der Waals surface area contributed by atoms with Gasteiger partial charge in [0.1, 0.15) is 5.75 Å². The van der Waals surface area contributed by atoms with Gasteiger partial charge in [-0.15, -0.1) is 0 Å². The second kappa shape index (κ2) is 6.26. The Hall–Kier alpha value is -1.56. The van der Waals surface area contributed by atoms with E-state index in [0.717, 1.165) is 5.33 Å². The molecule has 1 aliphatic heterocycles. The first-order chi connectivity index (χ1) is 9.51. The maximum absolute atomic E-state index is 12.1. The van der Waals surface area contributed by atoms with E-state index < -0.39 is 12.0 Å². The number of halogens is 1. The number of likely N-dealkylation sites (tertiary alicyclic amines) is 1. The van der Waals surface area contributed by atoms with Crippen molar-refractivity contribution in [2.24, 2.45) is 5.92 Å². The molecular formula is C14H16BrNO4. The van der Waals surface area contributed by atoms with Gasteiger partial charge in [0.15, 0.2) is 0 Å². The Morgan fingerprint density at radius 3 is 2.80 bits per heavy atom. The summed E-state index contributed by atoms with van der Waals surface area (Å²) in [5, 5.41) is 19.3. The van der Waals surface area contributed by atoms with Crippen LogP contribution in [0.3, 0.4) is 0 Å². The number of aliphatic carboxylic acids is 1.